The van der Waals surface area contributed by atoms with E-state index in [1.54, 1.807) is 28.8 Å². The number of thioether (sulfide) groups is 1. The Kier molecular flexibility index (Phi) is 5.65. The van der Waals surface area contributed by atoms with E-state index in [2.05, 4.69) is 0 Å². The molecule has 1 fully saturated rings. The van der Waals surface area contributed by atoms with E-state index in [-0.39, 0.29) is 23.6 Å². The van der Waals surface area contributed by atoms with Gasteiger partial charge in [0.25, 0.3) is 0 Å². The molecule has 1 heterocycles. The van der Waals surface area contributed by atoms with Crippen molar-refractivity contribution < 1.29 is 14.3 Å². The van der Waals surface area contributed by atoms with Crippen molar-refractivity contribution in [3.8, 4) is 0 Å². The number of aliphatic hydroxyl groups excluding tert-OH is 1. The second-order valence-electron chi connectivity index (χ2n) is 5.78. The molecule has 0 aromatic heterocycles. The summed E-state index contributed by atoms with van der Waals surface area (Å²) in [6.07, 6.45) is 0.435. The minimum Gasteiger partial charge on any atom is -0.391 e. The molecule has 0 aliphatic carbocycles. The van der Waals surface area contributed by atoms with Gasteiger partial charge in [0.1, 0.15) is 5.82 Å². The fourth-order valence-corrected chi connectivity index (χ4v) is 3.30. The van der Waals surface area contributed by atoms with Gasteiger partial charge >= 0.3 is 0 Å². The standard InChI is InChI=1S/C16H22FNO2S/c1-11-7-8-18(9-15(11)19)16(20)12(2)10-21-14-5-3-13(17)4-6-14/h3-6,11-12,15,19H,7-10H2,1-2H3. The summed E-state index contributed by atoms with van der Waals surface area (Å²) in [5.74, 6) is 0.654. The number of rotatable bonds is 4. The molecule has 116 valence electrons. The lowest BCUT2D eigenvalue weighted by Gasteiger charge is -2.35. The minimum atomic E-state index is -0.417. The summed E-state index contributed by atoms with van der Waals surface area (Å²) in [4.78, 5) is 15.1. The van der Waals surface area contributed by atoms with E-state index in [1.807, 2.05) is 13.8 Å². The molecule has 1 aliphatic heterocycles. The number of nitrogens with zero attached hydrogens (tertiary/aromatic N) is 1. The topological polar surface area (TPSA) is 40.5 Å². The van der Waals surface area contributed by atoms with Gasteiger partial charge in [-0.1, -0.05) is 13.8 Å². The fourth-order valence-electron chi connectivity index (χ4n) is 2.38. The molecule has 1 saturated heterocycles. The number of hydrogen-bond donors (Lipinski definition) is 1. The Labute approximate surface area is 129 Å². The number of carbonyl (C=O) groups is 1. The molecule has 5 heteroatoms. The van der Waals surface area contributed by atoms with E-state index in [0.29, 0.717) is 12.3 Å². The van der Waals surface area contributed by atoms with Crippen LogP contribution in [0.5, 0.6) is 0 Å². The Bertz CT molecular complexity index is 480. The van der Waals surface area contributed by atoms with Crippen LogP contribution in [0.15, 0.2) is 29.2 Å². The third-order valence-electron chi connectivity index (χ3n) is 3.97. The number of hydrogen-bond acceptors (Lipinski definition) is 3. The molecule has 1 amide bonds. The first kappa shape index (κ1) is 16.3. The van der Waals surface area contributed by atoms with Gasteiger partial charge in [-0.2, -0.15) is 0 Å². The third kappa shape index (κ3) is 4.45. The van der Waals surface area contributed by atoms with Gasteiger partial charge in [0.2, 0.25) is 5.91 Å². The van der Waals surface area contributed by atoms with Crippen molar-refractivity contribution in [3.05, 3.63) is 30.1 Å². The highest BCUT2D eigenvalue weighted by Gasteiger charge is 2.29. The first-order chi connectivity index (χ1) is 9.97. The predicted molar refractivity (Wildman–Crippen MR) is 82.7 cm³/mol. The molecular formula is C16H22FNO2S. The van der Waals surface area contributed by atoms with Crippen molar-refractivity contribution in [3.63, 3.8) is 0 Å². The quantitative estimate of drug-likeness (QED) is 0.869. The highest BCUT2D eigenvalue weighted by atomic mass is 32.2. The molecule has 1 aromatic rings. The number of piperidine rings is 1. The van der Waals surface area contributed by atoms with Crippen LogP contribution >= 0.6 is 11.8 Å². The molecule has 2 rings (SSSR count). The zero-order chi connectivity index (χ0) is 15.4. The lowest BCUT2D eigenvalue weighted by molar-refractivity contribution is -0.138. The van der Waals surface area contributed by atoms with E-state index in [0.717, 1.165) is 17.9 Å². The van der Waals surface area contributed by atoms with Crippen molar-refractivity contribution in [1.82, 2.24) is 4.90 Å². The van der Waals surface area contributed by atoms with Gasteiger partial charge in [-0.05, 0) is 36.6 Å². The maximum absolute atomic E-state index is 12.8. The smallest absolute Gasteiger partial charge is 0.226 e. The summed E-state index contributed by atoms with van der Waals surface area (Å²) >= 11 is 1.55. The van der Waals surface area contributed by atoms with E-state index in [9.17, 15) is 14.3 Å². The summed E-state index contributed by atoms with van der Waals surface area (Å²) in [5, 5.41) is 9.88. The largest absolute Gasteiger partial charge is 0.391 e. The molecule has 3 atom stereocenters. The number of likely N-dealkylation sites (tertiary alicyclic amines) is 1. The average Bonchev–Trinajstić information content (AvgIpc) is 2.48. The Balaban J connectivity index is 1.83. The molecule has 0 spiro atoms. The van der Waals surface area contributed by atoms with E-state index in [1.165, 1.54) is 12.1 Å². The van der Waals surface area contributed by atoms with E-state index < -0.39 is 6.10 Å². The summed E-state index contributed by atoms with van der Waals surface area (Å²) in [5.41, 5.74) is 0. The number of amides is 1. The van der Waals surface area contributed by atoms with E-state index >= 15 is 0 Å². The molecule has 1 aliphatic rings. The molecule has 3 unspecified atom stereocenters. The van der Waals surface area contributed by atoms with Crippen LogP contribution in [0, 0.1) is 17.7 Å². The van der Waals surface area contributed by atoms with Crippen LogP contribution in [0.2, 0.25) is 0 Å². The predicted octanol–water partition coefficient (Wildman–Crippen LogP) is 2.78. The van der Waals surface area contributed by atoms with Crippen LogP contribution in [0.3, 0.4) is 0 Å². The third-order valence-corrected chi connectivity index (χ3v) is 5.24. The monoisotopic (exact) mass is 311 g/mol. The van der Waals surface area contributed by atoms with Gasteiger partial charge in [0, 0.05) is 29.7 Å². The fraction of sp³-hybridized carbons (Fsp3) is 0.562. The van der Waals surface area contributed by atoms with Crippen LogP contribution < -0.4 is 0 Å². The second kappa shape index (κ2) is 7.27. The van der Waals surface area contributed by atoms with Crippen molar-refractivity contribution in [2.45, 2.75) is 31.3 Å². The maximum Gasteiger partial charge on any atom is 0.226 e. The zero-order valence-electron chi connectivity index (χ0n) is 12.5. The van der Waals surface area contributed by atoms with Crippen molar-refractivity contribution in [1.29, 1.82) is 0 Å². The highest BCUT2D eigenvalue weighted by Crippen LogP contribution is 2.24. The van der Waals surface area contributed by atoms with Gasteiger partial charge in [-0.25, -0.2) is 4.39 Å². The van der Waals surface area contributed by atoms with E-state index in [4.69, 9.17) is 0 Å². The van der Waals surface area contributed by atoms with Crippen molar-refractivity contribution in [2.24, 2.45) is 11.8 Å². The normalized spacial score (nSPS) is 23.9. The van der Waals surface area contributed by atoms with Crippen LogP contribution in [-0.2, 0) is 4.79 Å². The molecule has 0 radical (unpaired) electrons. The Morgan fingerprint density at radius 3 is 2.76 bits per heavy atom. The van der Waals surface area contributed by atoms with Crippen molar-refractivity contribution >= 4 is 17.7 Å². The molecule has 1 aromatic carbocycles. The second-order valence-corrected chi connectivity index (χ2v) is 6.88. The summed E-state index contributed by atoms with van der Waals surface area (Å²) in [6, 6.07) is 6.31. The first-order valence-corrected chi connectivity index (χ1v) is 8.31. The minimum absolute atomic E-state index is 0.0931. The number of halogens is 1. The summed E-state index contributed by atoms with van der Waals surface area (Å²) in [6.45, 7) is 5.08. The first-order valence-electron chi connectivity index (χ1n) is 7.32. The average molecular weight is 311 g/mol. The lowest BCUT2D eigenvalue weighted by atomic mass is 9.95. The van der Waals surface area contributed by atoms with Crippen molar-refractivity contribution in [2.75, 3.05) is 18.8 Å². The number of aliphatic hydroxyl groups is 1. The van der Waals surface area contributed by atoms with Crippen LogP contribution in [-0.4, -0.2) is 40.9 Å². The molecular weight excluding hydrogens is 289 g/mol. The lowest BCUT2D eigenvalue weighted by Crippen LogP contribution is -2.47. The molecule has 0 bridgehead atoms. The van der Waals surface area contributed by atoms with Gasteiger partial charge in [-0.3, -0.25) is 4.79 Å². The molecule has 1 N–H and O–H groups in total. The Morgan fingerprint density at radius 1 is 1.48 bits per heavy atom. The van der Waals surface area contributed by atoms with Crippen LogP contribution in [0.25, 0.3) is 0 Å². The number of benzene rings is 1. The summed E-state index contributed by atoms with van der Waals surface area (Å²) in [7, 11) is 0. The maximum atomic E-state index is 12.8. The van der Waals surface area contributed by atoms with Gasteiger partial charge in [0.15, 0.2) is 0 Å². The Hall–Kier alpha value is -1.07. The number of carbonyl (C=O) groups excluding carboxylic acids is 1. The SMILES string of the molecule is CC(CSc1ccc(F)cc1)C(=O)N1CCC(C)C(O)C1. The molecule has 21 heavy (non-hydrogen) atoms. The summed E-state index contributed by atoms with van der Waals surface area (Å²) < 4.78 is 12.8. The molecule has 0 saturated carbocycles. The van der Waals surface area contributed by atoms with Crippen LogP contribution in [0.1, 0.15) is 20.3 Å². The van der Waals surface area contributed by atoms with Gasteiger partial charge in [0.05, 0.1) is 6.10 Å². The Morgan fingerprint density at radius 2 is 2.14 bits per heavy atom. The number of β-amino-alcohol motifs (C(OH)–C–C–N with tert-alkyl or cyclic N) is 1. The highest BCUT2D eigenvalue weighted by molar-refractivity contribution is 7.99. The van der Waals surface area contributed by atoms with Gasteiger partial charge < -0.3 is 10.0 Å². The molecule has 3 nitrogen and oxygen atoms in total. The van der Waals surface area contributed by atoms with Gasteiger partial charge in [-0.15, -0.1) is 11.8 Å². The zero-order valence-corrected chi connectivity index (χ0v) is 13.3. The van der Waals surface area contributed by atoms with Crippen LogP contribution in [0.4, 0.5) is 4.39 Å².